The van der Waals surface area contributed by atoms with Crippen molar-refractivity contribution in [3.05, 3.63) is 78.1 Å². The molecule has 0 N–H and O–H groups in total. The molecule has 1 aliphatic rings. The highest BCUT2D eigenvalue weighted by atomic mass is 16.2. The van der Waals surface area contributed by atoms with Crippen molar-refractivity contribution in [2.45, 2.75) is 38.6 Å². The van der Waals surface area contributed by atoms with Crippen LogP contribution in [0.4, 0.5) is 5.69 Å². The van der Waals surface area contributed by atoms with E-state index in [4.69, 9.17) is 0 Å². The molecule has 1 saturated heterocycles. The maximum absolute atomic E-state index is 12.8. The van der Waals surface area contributed by atoms with Crippen LogP contribution in [0, 0.1) is 0 Å². The molecule has 1 amide bonds. The number of carbonyl (C=O) groups excluding carboxylic acids is 1. The Hall–Kier alpha value is -3.08. The van der Waals surface area contributed by atoms with E-state index < -0.39 is 0 Å². The van der Waals surface area contributed by atoms with Crippen LogP contribution in [0.3, 0.4) is 0 Å². The summed E-state index contributed by atoms with van der Waals surface area (Å²) < 4.78 is 1.86. The molecule has 0 unspecified atom stereocenters. The predicted molar refractivity (Wildman–Crippen MR) is 121 cm³/mol. The summed E-state index contributed by atoms with van der Waals surface area (Å²) in [6, 6.07) is 18.5. The van der Waals surface area contributed by atoms with Crippen molar-refractivity contribution >= 4 is 11.6 Å². The lowest BCUT2D eigenvalue weighted by Crippen LogP contribution is -2.32. The summed E-state index contributed by atoms with van der Waals surface area (Å²) in [5.41, 5.74) is 4.61. The Morgan fingerprint density at radius 2 is 1.73 bits per heavy atom. The molecule has 4 rings (SSSR count). The van der Waals surface area contributed by atoms with Gasteiger partial charge in [-0.25, -0.2) is 4.68 Å². The molecule has 0 bridgehead atoms. The molecule has 3 aromatic rings. The van der Waals surface area contributed by atoms with Gasteiger partial charge in [-0.1, -0.05) is 36.4 Å². The zero-order valence-electron chi connectivity index (χ0n) is 17.7. The molecule has 0 saturated carbocycles. The highest BCUT2D eigenvalue weighted by molar-refractivity contribution is 5.76. The molecule has 2 heterocycles. The van der Waals surface area contributed by atoms with Gasteiger partial charge in [0.15, 0.2) is 0 Å². The zero-order chi connectivity index (χ0) is 20.8. The number of nitrogens with zero attached hydrogens (tertiary/aromatic N) is 4. The summed E-state index contributed by atoms with van der Waals surface area (Å²) in [5.74, 6) is 0.163. The molecule has 1 fully saturated rings. The molecule has 1 aromatic heterocycles. The Morgan fingerprint density at radius 1 is 1.00 bits per heavy atom. The summed E-state index contributed by atoms with van der Waals surface area (Å²) in [6.45, 7) is 2.87. The summed E-state index contributed by atoms with van der Waals surface area (Å²) in [7, 11) is 1.91. The van der Waals surface area contributed by atoms with Crippen molar-refractivity contribution in [2.24, 2.45) is 0 Å². The van der Waals surface area contributed by atoms with E-state index in [1.807, 2.05) is 59.4 Å². The van der Waals surface area contributed by atoms with Crippen LogP contribution in [0.5, 0.6) is 0 Å². The number of para-hydroxylation sites is 2. The Labute approximate surface area is 178 Å². The number of rotatable bonds is 7. The second-order valence-electron chi connectivity index (χ2n) is 8.05. The highest BCUT2D eigenvalue weighted by Gasteiger charge is 2.17. The number of anilines is 1. The Kier molecular flexibility index (Phi) is 6.47. The van der Waals surface area contributed by atoms with Gasteiger partial charge in [-0.05, 0) is 55.0 Å². The van der Waals surface area contributed by atoms with E-state index in [1.54, 1.807) is 0 Å². The molecular formula is C25H30N4O. The average Bonchev–Trinajstić information content (AvgIpc) is 3.28. The van der Waals surface area contributed by atoms with E-state index in [0.29, 0.717) is 19.4 Å². The van der Waals surface area contributed by atoms with Crippen LogP contribution >= 0.6 is 0 Å². The van der Waals surface area contributed by atoms with Crippen LogP contribution in [-0.2, 0) is 17.8 Å². The molecule has 1 aliphatic heterocycles. The van der Waals surface area contributed by atoms with E-state index in [-0.39, 0.29) is 5.91 Å². The minimum atomic E-state index is 0.163. The Bertz CT molecular complexity index is 960. The number of piperidine rings is 1. The van der Waals surface area contributed by atoms with Gasteiger partial charge in [0.1, 0.15) is 0 Å². The van der Waals surface area contributed by atoms with Gasteiger partial charge in [0.2, 0.25) is 5.91 Å². The lowest BCUT2D eigenvalue weighted by Gasteiger charge is -2.31. The van der Waals surface area contributed by atoms with Crippen LogP contribution in [0.1, 0.15) is 36.8 Å². The van der Waals surface area contributed by atoms with Crippen molar-refractivity contribution in [1.82, 2.24) is 14.7 Å². The van der Waals surface area contributed by atoms with Gasteiger partial charge in [-0.2, -0.15) is 5.10 Å². The molecule has 0 atom stereocenters. The minimum absolute atomic E-state index is 0.163. The maximum Gasteiger partial charge on any atom is 0.222 e. The normalized spacial score (nSPS) is 14.0. The number of hydrogen-bond donors (Lipinski definition) is 0. The third-order valence-corrected chi connectivity index (χ3v) is 5.81. The van der Waals surface area contributed by atoms with E-state index in [1.165, 1.54) is 30.5 Å². The second kappa shape index (κ2) is 9.61. The second-order valence-corrected chi connectivity index (χ2v) is 8.05. The van der Waals surface area contributed by atoms with E-state index in [9.17, 15) is 4.79 Å². The first-order chi connectivity index (χ1) is 14.7. The van der Waals surface area contributed by atoms with Crippen LogP contribution in [0.2, 0.25) is 0 Å². The van der Waals surface area contributed by atoms with Crippen LogP contribution in [0.25, 0.3) is 5.69 Å². The van der Waals surface area contributed by atoms with Crippen molar-refractivity contribution in [1.29, 1.82) is 0 Å². The smallest absolute Gasteiger partial charge is 0.222 e. The first-order valence-corrected chi connectivity index (χ1v) is 10.9. The topological polar surface area (TPSA) is 41.4 Å². The van der Waals surface area contributed by atoms with Crippen molar-refractivity contribution in [3.8, 4) is 5.69 Å². The third kappa shape index (κ3) is 4.90. The predicted octanol–water partition coefficient (Wildman–Crippen LogP) is 4.45. The first kappa shape index (κ1) is 20.2. The number of aryl methyl sites for hydroxylation is 1. The summed E-state index contributed by atoms with van der Waals surface area (Å²) in [5, 5.41) is 4.43. The standard InChI is InChI=1S/C25H30N4O/c1-27(20-22-10-6-7-13-24(22)28-16-8-3-9-17-28)25(30)15-14-21-18-26-29(19-21)23-11-4-2-5-12-23/h2,4-7,10-13,18-19H,3,8-9,14-17,20H2,1H3. The van der Waals surface area contributed by atoms with E-state index in [0.717, 1.165) is 24.3 Å². The maximum atomic E-state index is 12.8. The summed E-state index contributed by atoms with van der Waals surface area (Å²) in [4.78, 5) is 17.1. The van der Waals surface area contributed by atoms with Gasteiger partial charge in [0, 0.05) is 45.0 Å². The number of benzene rings is 2. The molecule has 0 aliphatic carbocycles. The number of amides is 1. The molecule has 5 heteroatoms. The molecule has 2 aromatic carbocycles. The van der Waals surface area contributed by atoms with Gasteiger partial charge in [0.25, 0.3) is 0 Å². The molecular weight excluding hydrogens is 372 g/mol. The fourth-order valence-electron chi connectivity index (χ4n) is 4.08. The molecule has 0 spiro atoms. The van der Waals surface area contributed by atoms with Crippen molar-refractivity contribution in [2.75, 3.05) is 25.0 Å². The monoisotopic (exact) mass is 402 g/mol. The number of carbonyl (C=O) groups is 1. The summed E-state index contributed by atoms with van der Waals surface area (Å²) >= 11 is 0. The SMILES string of the molecule is CN(Cc1ccccc1N1CCCCC1)C(=O)CCc1cnn(-c2ccccc2)c1. The number of hydrogen-bond acceptors (Lipinski definition) is 3. The van der Waals surface area contributed by atoms with Crippen molar-refractivity contribution < 1.29 is 4.79 Å². The first-order valence-electron chi connectivity index (χ1n) is 10.9. The van der Waals surface area contributed by atoms with Gasteiger partial charge < -0.3 is 9.80 Å². The highest BCUT2D eigenvalue weighted by Crippen LogP contribution is 2.25. The number of aromatic nitrogens is 2. The van der Waals surface area contributed by atoms with Crippen molar-refractivity contribution in [3.63, 3.8) is 0 Å². The zero-order valence-corrected chi connectivity index (χ0v) is 17.7. The van der Waals surface area contributed by atoms with Gasteiger partial charge in [-0.15, -0.1) is 0 Å². The molecule has 156 valence electrons. The Balaban J connectivity index is 1.34. The van der Waals surface area contributed by atoms with Crippen LogP contribution < -0.4 is 4.90 Å². The van der Waals surface area contributed by atoms with E-state index >= 15 is 0 Å². The third-order valence-electron chi connectivity index (χ3n) is 5.81. The fraction of sp³-hybridized carbons (Fsp3) is 0.360. The van der Waals surface area contributed by atoms with Gasteiger partial charge in [0.05, 0.1) is 11.9 Å². The quantitative estimate of drug-likeness (QED) is 0.586. The van der Waals surface area contributed by atoms with Crippen LogP contribution in [0.15, 0.2) is 67.0 Å². The average molecular weight is 403 g/mol. The summed E-state index contributed by atoms with van der Waals surface area (Å²) in [6.07, 6.45) is 8.87. The fourth-order valence-corrected chi connectivity index (χ4v) is 4.08. The largest absolute Gasteiger partial charge is 0.371 e. The van der Waals surface area contributed by atoms with E-state index in [2.05, 4.69) is 34.3 Å². The molecule has 30 heavy (non-hydrogen) atoms. The lowest BCUT2D eigenvalue weighted by atomic mass is 10.1. The minimum Gasteiger partial charge on any atom is -0.371 e. The Morgan fingerprint density at radius 3 is 2.53 bits per heavy atom. The molecule has 0 radical (unpaired) electrons. The van der Waals surface area contributed by atoms with Gasteiger partial charge in [-0.3, -0.25) is 4.79 Å². The lowest BCUT2D eigenvalue weighted by molar-refractivity contribution is -0.130. The van der Waals surface area contributed by atoms with Crippen LogP contribution in [-0.4, -0.2) is 40.7 Å². The molecule has 5 nitrogen and oxygen atoms in total. The van der Waals surface area contributed by atoms with Gasteiger partial charge >= 0.3 is 0 Å².